The monoisotopic (exact) mass is 475 g/mol. The van der Waals surface area contributed by atoms with Gasteiger partial charge in [-0.2, -0.15) is 0 Å². The SMILES string of the molecule is CN(c1cc(Nc2nc(Cl)ccc2C(N)=O)ccc1C(=O)N1CCOCC1)[S-](=O)=O.[Na+]. The molecule has 0 spiro atoms. The van der Waals surface area contributed by atoms with Crippen LogP contribution in [0.3, 0.4) is 0 Å². The van der Waals surface area contributed by atoms with Crippen LogP contribution in [0.4, 0.5) is 17.2 Å². The van der Waals surface area contributed by atoms with Gasteiger partial charge in [-0.25, -0.2) is 4.98 Å². The Hall–Kier alpha value is -1.89. The Morgan fingerprint density at radius 3 is 2.45 bits per heavy atom. The minimum absolute atomic E-state index is 0. The van der Waals surface area contributed by atoms with Crippen molar-refractivity contribution in [1.29, 1.82) is 0 Å². The number of benzene rings is 1. The predicted octanol–water partition coefficient (Wildman–Crippen LogP) is -1.29. The topological polar surface area (TPSA) is 135 Å². The number of carbonyl (C=O) groups excluding carboxylic acids is 2. The van der Waals surface area contributed by atoms with E-state index in [4.69, 9.17) is 22.1 Å². The van der Waals surface area contributed by atoms with E-state index in [0.717, 1.165) is 4.31 Å². The molecule has 1 aromatic carbocycles. The maximum atomic E-state index is 12.9. The first-order valence-corrected chi connectivity index (χ1v) is 10.3. The van der Waals surface area contributed by atoms with Crippen LogP contribution in [0, 0.1) is 0 Å². The molecule has 1 aliphatic rings. The van der Waals surface area contributed by atoms with Gasteiger partial charge < -0.3 is 33.4 Å². The van der Waals surface area contributed by atoms with Crippen LogP contribution in [0.15, 0.2) is 30.3 Å². The molecule has 160 valence electrons. The Labute approximate surface area is 208 Å². The maximum absolute atomic E-state index is 12.9. The molecule has 10 nitrogen and oxygen atoms in total. The maximum Gasteiger partial charge on any atom is 1.00 e. The number of carbonyl (C=O) groups is 2. The van der Waals surface area contributed by atoms with Crippen molar-refractivity contribution in [2.45, 2.75) is 0 Å². The van der Waals surface area contributed by atoms with E-state index in [1.807, 2.05) is 0 Å². The largest absolute Gasteiger partial charge is 1.00 e. The van der Waals surface area contributed by atoms with Crippen LogP contribution < -0.4 is 44.9 Å². The average molecular weight is 476 g/mol. The number of primary amides is 1. The summed E-state index contributed by atoms with van der Waals surface area (Å²) in [6, 6.07) is 7.41. The standard InChI is InChI=1S/C18H19ClN5O5S.Na/c1-23(30(27)28)14-10-11(21-17-13(16(20)25)4-5-15(19)22-17)2-3-12(14)18(26)24-6-8-29-9-7-24;/h2-5,10H,6-9H2,1H3,(H2,20,25)(H,21,22);/q-1;+1. The van der Waals surface area contributed by atoms with Gasteiger partial charge in [0.1, 0.15) is 11.0 Å². The first-order chi connectivity index (χ1) is 14.3. The smallest absolute Gasteiger partial charge is 0.409 e. The normalized spacial score (nSPS) is 13.5. The van der Waals surface area contributed by atoms with Crippen molar-refractivity contribution < 1.29 is 52.3 Å². The van der Waals surface area contributed by atoms with E-state index >= 15 is 0 Å². The van der Waals surface area contributed by atoms with Gasteiger partial charge in [-0.1, -0.05) is 11.6 Å². The number of nitrogens with zero attached hydrogens (tertiary/aromatic N) is 3. The zero-order valence-corrected chi connectivity index (χ0v) is 20.5. The van der Waals surface area contributed by atoms with Gasteiger partial charge in [0.2, 0.25) is 0 Å². The molecule has 13 heteroatoms. The summed E-state index contributed by atoms with van der Waals surface area (Å²) in [7, 11) is -1.29. The van der Waals surface area contributed by atoms with Crippen molar-refractivity contribution in [3.63, 3.8) is 0 Å². The number of morpholine rings is 1. The molecule has 1 aromatic heterocycles. The molecule has 0 saturated carbocycles. The van der Waals surface area contributed by atoms with Gasteiger partial charge in [0.05, 0.1) is 24.3 Å². The van der Waals surface area contributed by atoms with Crippen molar-refractivity contribution in [2.24, 2.45) is 5.73 Å². The third kappa shape index (κ3) is 6.09. The zero-order valence-electron chi connectivity index (χ0n) is 17.0. The van der Waals surface area contributed by atoms with Gasteiger partial charge in [0.25, 0.3) is 11.8 Å². The third-order valence-corrected chi connectivity index (χ3v) is 5.33. The van der Waals surface area contributed by atoms with Gasteiger partial charge in [0, 0.05) is 35.4 Å². The van der Waals surface area contributed by atoms with Crippen LogP contribution in [0.5, 0.6) is 0 Å². The summed E-state index contributed by atoms with van der Waals surface area (Å²) in [4.78, 5) is 30.2. The molecule has 3 rings (SSSR count). The molecule has 1 saturated heterocycles. The number of anilines is 3. The number of aromatic nitrogens is 1. The second-order valence-electron chi connectivity index (χ2n) is 6.37. The van der Waals surface area contributed by atoms with E-state index in [2.05, 4.69) is 10.3 Å². The van der Waals surface area contributed by atoms with Crippen LogP contribution in [0.25, 0.3) is 0 Å². The molecule has 2 amide bonds. The third-order valence-electron chi connectivity index (χ3n) is 4.48. The summed E-state index contributed by atoms with van der Waals surface area (Å²) in [6.07, 6.45) is 0. The van der Waals surface area contributed by atoms with Crippen LogP contribution >= 0.6 is 11.6 Å². The van der Waals surface area contributed by atoms with Gasteiger partial charge >= 0.3 is 29.6 Å². The fraction of sp³-hybridized carbons (Fsp3) is 0.278. The summed E-state index contributed by atoms with van der Waals surface area (Å²) < 4.78 is 29.4. The molecule has 3 N–H and O–H groups in total. The number of ether oxygens (including phenoxy) is 1. The first-order valence-electron chi connectivity index (χ1n) is 8.85. The molecular weight excluding hydrogens is 457 g/mol. The Balaban J connectivity index is 0.00000341. The summed E-state index contributed by atoms with van der Waals surface area (Å²) in [5, 5.41) is 3.04. The minimum Gasteiger partial charge on any atom is -0.409 e. The van der Waals surface area contributed by atoms with Crippen molar-refractivity contribution in [3.8, 4) is 0 Å². The molecule has 0 radical (unpaired) electrons. The molecule has 1 aliphatic heterocycles. The first kappa shape index (κ1) is 25.4. The van der Waals surface area contributed by atoms with Crippen LogP contribution in [0.1, 0.15) is 20.7 Å². The van der Waals surface area contributed by atoms with E-state index < -0.39 is 16.8 Å². The molecule has 1 fully saturated rings. The van der Waals surface area contributed by atoms with Crippen LogP contribution in [-0.2, 0) is 24.0 Å². The number of rotatable bonds is 6. The molecule has 2 aromatic rings. The summed E-state index contributed by atoms with van der Waals surface area (Å²) in [5.41, 5.74) is 6.24. The summed E-state index contributed by atoms with van der Waals surface area (Å²) in [5.74, 6) is -0.909. The number of nitrogens with two attached hydrogens (primary N) is 1. The molecule has 0 bridgehead atoms. The van der Waals surface area contributed by atoms with Crippen LogP contribution in [0.2, 0.25) is 5.15 Å². The van der Waals surface area contributed by atoms with Gasteiger partial charge in [0.15, 0.2) is 0 Å². The zero-order chi connectivity index (χ0) is 21.8. The summed E-state index contributed by atoms with van der Waals surface area (Å²) >= 11 is 5.91. The molecule has 2 heterocycles. The number of hydrogen-bond donors (Lipinski definition) is 2. The van der Waals surface area contributed by atoms with Crippen molar-refractivity contribution in [3.05, 3.63) is 46.6 Å². The fourth-order valence-electron chi connectivity index (χ4n) is 2.93. The quantitative estimate of drug-likeness (QED) is 0.301. The van der Waals surface area contributed by atoms with Crippen LogP contribution in [-0.4, -0.2) is 55.0 Å². The molecule has 0 aliphatic carbocycles. The fourth-order valence-corrected chi connectivity index (χ4v) is 3.39. The Kier molecular flexibility index (Phi) is 9.10. The van der Waals surface area contributed by atoms with E-state index in [1.165, 1.54) is 31.3 Å². The number of nitrogens with one attached hydrogen (secondary N) is 1. The van der Waals surface area contributed by atoms with Gasteiger partial charge in [-0.05, 0) is 37.4 Å². The predicted molar refractivity (Wildman–Crippen MR) is 111 cm³/mol. The van der Waals surface area contributed by atoms with Gasteiger partial charge in [-0.15, -0.1) is 0 Å². The molecular formula is C18H19ClN5NaO5S. The second-order valence-corrected chi connectivity index (χ2v) is 7.74. The molecule has 0 atom stereocenters. The van der Waals surface area contributed by atoms with Crippen molar-refractivity contribution in [1.82, 2.24) is 9.88 Å². The minimum atomic E-state index is -2.61. The van der Waals surface area contributed by atoms with E-state index in [9.17, 15) is 18.0 Å². The van der Waals surface area contributed by atoms with E-state index in [1.54, 1.807) is 11.0 Å². The molecule has 0 unspecified atom stereocenters. The Morgan fingerprint density at radius 1 is 1.19 bits per heavy atom. The number of halogens is 1. The van der Waals surface area contributed by atoms with Crippen molar-refractivity contribution in [2.75, 3.05) is 43.0 Å². The number of amides is 2. The number of pyridine rings is 1. The van der Waals surface area contributed by atoms with E-state index in [0.29, 0.717) is 32.0 Å². The summed E-state index contributed by atoms with van der Waals surface area (Å²) in [6.45, 7) is 1.66. The average Bonchev–Trinajstić information content (AvgIpc) is 2.73. The van der Waals surface area contributed by atoms with Gasteiger partial charge in [-0.3, -0.25) is 9.59 Å². The Morgan fingerprint density at radius 2 is 1.84 bits per heavy atom. The Bertz CT molecular complexity index is 1050. The second kappa shape index (κ2) is 11.1. The van der Waals surface area contributed by atoms with Crippen molar-refractivity contribution >= 4 is 51.5 Å². The van der Waals surface area contributed by atoms with E-state index in [-0.39, 0.29) is 63.2 Å². The number of hydrogen-bond acceptors (Lipinski definition) is 8. The molecule has 31 heavy (non-hydrogen) atoms.